The zero-order valence-corrected chi connectivity index (χ0v) is 28.3. The van der Waals surface area contributed by atoms with E-state index < -0.39 is 0 Å². The third-order valence-electron chi connectivity index (χ3n) is 8.75. The normalized spacial score (nSPS) is 13.7. The van der Waals surface area contributed by atoms with Crippen molar-refractivity contribution in [2.45, 2.75) is 52.9 Å². The molecule has 1 saturated heterocycles. The lowest BCUT2D eigenvalue weighted by Crippen LogP contribution is -2.27. The minimum Gasteiger partial charge on any atom is -0.348 e. The first-order valence-electron chi connectivity index (χ1n) is 16.7. The van der Waals surface area contributed by atoms with E-state index in [1.807, 2.05) is 36.7 Å². The molecule has 3 N–H and O–H groups in total. The molecule has 3 aromatic carbocycles. The molecule has 1 aliphatic heterocycles. The Balaban J connectivity index is 1.08. The molecule has 2 amide bonds. The molecule has 2 aromatic heterocycles. The SMILES string of the molecule is CCc1nc2c(cnn2CC)cc1CNC(=O)c1cccc(C(=O)NCc2cc(Cl)cc(-c3cccc(CN4CCCNCC4)c3)c2)c1. The lowest BCUT2D eigenvalue weighted by Gasteiger charge is -2.20. The molecule has 0 atom stereocenters. The van der Waals surface area contributed by atoms with Crippen molar-refractivity contribution in [1.82, 2.24) is 35.6 Å². The van der Waals surface area contributed by atoms with Crippen LogP contribution in [0.2, 0.25) is 5.02 Å². The molecule has 9 nitrogen and oxygen atoms in total. The molecule has 0 spiro atoms. The Morgan fingerprint density at radius 3 is 2.42 bits per heavy atom. The van der Waals surface area contributed by atoms with Gasteiger partial charge in [0.15, 0.2) is 5.65 Å². The van der Waals surface area contributed by atoms with Gasteiger partial charge in [-0.25, -0.2) is 9.67 Å². The number of aromatic nitrogens is 3. The molecule has 0 unspecified atom stereocenters. The fraction of sp³-hybridized carbons (Fsp3) is 0.316. The highest BCUT2D eigenvalue weighted by Gasteiger charge is 2.15. The summed E-state index contributed by atoms with van der Waals surface area (Å²) in [6.07, 6.45) is 3.70. The van der Waals surface area contributed by atoms with Crippen LogP contribution in [0.1, 0.15) is 63.4 Å². The maximum atomic E-state index is 13.2. The van der Waals surface area contributed by atoms with Crippen LogP contribution in [0.25, 0.3) is 22.2 Å². The Bertz CT molecular complexity index is 1910. The molecule has 0 bridgehead atoms. The van der Waals surface area contributed by atoms with Gasteiger partial charge in [0.05, 0.1) is 6.20 Å². The smallest absolute Gasteiger partial charge is 0.251 e. The zero-order valence-electron chi connectivity index (χ0n) is 27.6. The van der Waals surface area contributed by atoms with Crippen molar-refractivity contribution in [3.63, 3.8) is 0 Å². The number of carbonyl (C=O) groups excluding carboxylic acids is 2. The fourth-order valence-corrected chi connectivity index (χ4v) is 6.49. The van der Waals surface area contributed by atoms with Crippen LogP contribution in [0.3, 0.4) is 0 Å². The minimum absolute atomic E-state index is 0.259. The van der Waals surface area contributed by atoms with E-state index in [1.54, 1.807) is 30.5 Å². The predicted molar refractivity (Wildman–Crippen MR) is 191 cm³/mol. The summed E-state index contributed by atoms with van der Waals surface area (Å²) < 4.78 is 1.87. The van der Waals surface area contributed by atoms with E-state index in [0.29, 0.717) is 29.2 Å². The number of hydrogen-bond acceptors (Lipinski definition) is 6. The fourth-order valence-electron chi connectivity index (χ4n) is 6.23. The van der Waals surface area contributed by atoms with Gasteiger partial charge in [-0.2, -0.15) is 5.10 Å². The van der Waals surface area contributed by atoms with Gasteiger partial charge in [0.1, 0.15) is 0 Å². The van der Waals surface area contributed by atoms with Crippen molar-refractivity contribution in [2.24, 2.45) is 0 Å². The molecule has 5 aromatic rings. The summed E-state index contributed by atoms with van der Waals surface area (Å²) in [5, 5.41) is 15.4. The number of carbonyl (C=O) groups is 2. The number of amides is 2. The van der Waals surface area contributed by atoms with Crippen molar-refractivity contribution in [2.75, 3.05) is 26.2 Å². The largest absolute Gasteiger partial charge is 0.348 e. The van der Waals surface area contributed by atoms with Gasteiger partial charge in [0, 0.05) is 66.5 Å². The minimum atomic E-state index is -0.268. The van der Waals surface area contributed by atoms with E-state index in [2.05, 4.69) is 56.3 Å². The number of fused-ring (bicyclic) bond motifs is 1. The lowest BCUT2D eigenvalue weighted by atomic mass is 10.0. The highest BCUT2D eigenvalue weighted by atomic mass is 35.5. The van der Waals surface area contributed by atoms with Crippen molar-refractivity contribution in [1.29, 1.82) is 0 Å². The van der Waals surface area contributed by atoms with Gasteiger partial charge >= 0.3 is 0 Å². The molecular formula is C38H42ClN7O2. The van der Waals surface area contributed by atoms with Crippen LogP contribution >= 0.6 is 11.6 Å². The van der Waals surface area contributed by atoms with E-state index in [4.69, 9.17) is 16.6 Å². The number of pyridine rings is 1. The Morgan fingerprint density at radius 1 is 0.854 bits per heavy atom. The first-order valence-corrected chi connectivity index (χ1v) is 17.1. The summed E-state index contributed by atoms with van der Waals surface area (Å²) in [4.78, 5) is 33.6. The van der Waals surface area contributed by atoms with Crippen LogP contribution in [0.15, 0.2) is 79.0 Å². The Kier molecular flexibility index (Phi) is 10.8. The topological polar surface area (TPSA) is 104 Å². The summed E-state index contributed by atoms with van der Waals surface area (Å²) in [5.41, 5.74) is 7.80. The number of nitrogens with zero attached hydrogens (tertiary/aromatic N) is 4. The Labute approximate surface area is 286 Å². The number of benzene rings is 3. The molecule has 0 saturated carbocycles. The van der Waals surface area contributed by atoms with E-state index in [-0.39, 0.29) is 11.8 Å². The van der Waals surface area contributed by atoms with Crippen LogP contribution in [-0.2, 0) is 32.6 Å². The summed E-state index contributed by atoms with van der Waals surface area (Å²) in [5.74, 6) is -0.527. The molecule has 3 heterocycles. The van der Waals surface area contributed by atoms with Crippen LogP contribution in [-0.4, -0.2) is 57.7 Å². The van der Waals surface area contributed by atoms with Crippen molar-refractivity contribution < 1.29 is 9.59 Å². The molecule has 48 heavy (non-hydrogen) atoms. The van der Waals surface area contributed by atoms with Gasteiger partial charge in [0.25, 0.3) is 11.8 Å². The molecule has 0 radical (unpaired) electrons. The van der Waals surface area contributed by atoms with Gasteiger partial charge in [-0.15, -0.1) is 0 Å². The molecule has 6 rings (SSSR count). The Morgan fingerprint density at radius 2 is 1.62 bits per heavy atom. The second-order valence-corrected chi connectivity index (χ2v) is 12.6. The number of rotatable bonds is 11. The van der Waals surface area contributed by atoms with Crippen molar-refractivity contribution >= 4 is 34.4 Å². The maximum absolute atomic E-state index is 13.2. The van der Waals surface area contributed by atoms with Crippen LogP contribution < -0.4 is 16.0 Å². The number of nitrogens with one attached hydrogen (secondary N) is 3. The second-order valence-electron chi connectivity index (χ2n) is 12.2. The highest BCUT2D eigenvalue weighted by molar-refractivity contribution is 6.31. The summed E-state index contributed by atoms with van der Waals surface area (Å²) in [7, 11) is 0. The molecule has 248 valence electrons. The average Bonchev–Trinajstić information content (AvgIpc) is 3.33. The van der Waals surface area contributed by atoms with Crippen molar-refractivity contribution in [3.05, 3.63) is 118 Å². The average molecular weight is 664 g/mol. The standard InChI is InChI=1S/C38H42ClN7O2/c1-3-35-32(20-33-24-43-46(4-2)36(33)44-35)23-42-38(48)30-11-6-10-29(19-30)37(47)41-22-27-17-31(21-34(39)18-27)28-9-5-8-26(16-28)25-45-14-7-12-40-13-15-45/h5-6,8-11,16-21,24,40H,3-4,7,12-15,22-23,25H2,1-2H3,(H,41,47)(H,42,48). The summed E-state index contributed by atoms with van der Waals surface area (Å²) in [6, 6.07) is 23.3. The zero-order chi connectivity index (χ0) is 33.5. The van der Waals surface area contributed by atoms with Crippen molar-refractivity contribution in [3.8, 4) is 11.1 Å². The maximum Gasteiger partial charge on any atom is 0.251 e. The number of halogens is 1. The third-order valence-corrected chi connectivity index (χ3v) is 8.97. The van der Waals surface area contributed by atoms with E-state index in [0.717, 1.165) is 91.1 Å². The van der Waals surface area contributed by atoms with Crippen LogP contribution in [0.4, 0.5) is 0 Å². The first kappa shape index (κ1) is 33.3. The lowest BCUT2D eigenvalue weighted by molar-refractivity contribution is 0.0950. The number of hydrogen-bond donors (Lipinski definition) is 3. The molecule has 10 heteroatoms. The second kappa shape index (κ2) is 15.6. The van der Waals surface area contributed by atoms with Gasteiger partial charge in [-0.05, 0) is 109 Å². The molecule has 1 aliphatic rings. The monoisotopic (exact) mass is 663 g/mol. The van der Waals surface area contributed by atoms with Crippen LogP contribution in [0.5, 0.6) is 0 Å². The Hall–Kier alpha value is -4.57. The van der Waals surface area contributed by atoms with E-state index in [9.17, 15) is 9.59 Å². The molecule has 0 aliphatic carbocycles. The molecule has 1 fully saturated rings. The molecular weight excluding hydrogens is 622 g/mol. The predicted octanol–water partition coefficient (Wildman–Crippen LogP) is 5.99. The van der Waals surface area contributed by atoms with E-state index in [1.165, 1.54) is 5.56 Å². The number of aryl methyl sites for hydroxylation is 2. The van der Waals surface area contributed by atoms with Gasteiger partial charge in [-0.3, -0.25) is 14.5 Å². The van der Waals surface area contributed by atoms with E-state index >= 15 is 0 Å². The van der Waals surface area contributed by atoms with Gasteiger partial charge < -0.3 is 16.0 Å². The first-order chi connectivity index (χ1) is 23.4. The summed E-state index contributed by atoms with van der Waals surface area (Å²) >= 11 is 6.55. The van der Waals surface area contributed by atoms with Crippen LogP contribution in [0, 0.1) is 0 Å². The quantitative estimate of drug-likeness (QED) is 0.160. The summed E-state index contributed by atoms with van der Waals surface area (Å²) in [6.45, 7) is 10.6. The van der Waals surface area contributed by atoms with Gasteiger partial charge in [0.2, 0.25) is 0 Å². The van der Waals surface area contributed by atoms with Gasteiger partial charge in [-0.1, -0.05) is 42.8 Å². The third kappa shape index (κ3) is 8.10. The highest BCUT2D eigenvalue weighted by Crippen LogP contribution is 2.26.